The highest BCUT2D eigenvalue weighted by molar-refractivity contribution is 5.36. The Labute approximate surface area is 144 Å². The number of aliphatic hydroxyl groups excluding tert-OH is 1. The molecule has 0 spiro atoms. The first-order valence-electron chi connectivity index (χ1n) is 7.61. The normalized spacial score (nSPS) is 17.0. The highest BCUT2D eigenvalue weighted by atomic mass is 19.3. The molecular weight excluding hydrogens is 364 g/mol. The third kappa shape index (κ3) is 3.48. The van der Waals surface area contributed by atoms with E-state index in [1.54, 1.807) is 0 Å². The van der Waals surface area contributed by atoms with Crippen LogP contribution in [0.1, 0.15) is 24.1 Å². The summed E-state index contributed by atoms with van der Waals surface area (Å²) in [5, 5.41) is 8.89. The van der Waals surface area contributed by atoms with E-state index in [0.717, 1.165) is 30.5 Å². The van der Waals surface area contributed by atoms with E-state index in [1.807, 2.05) is 0 Å². The first-order chi connectivity index (χ1) is 12.1. The van der Waals surface area contributed by atoms with Crippen LogP contribution in [0.5, 0.6) is 11.5 Å². The summed E-state index contributed by atoms with van der Waals surface area (Å²) in [6.45, 7) is -0.591. The van der Waals surface area contributed by atoms with Crippen LogP contribution in [0.25, 0.3) is 0 Å². The van der Waals surface area contributed by atoms with Crippen LogP contribution in [0.2, 0.25) is 0 Å². The molecule has 0 radical (unpaired) electrons. The van der Waals surface area contributed by atoms with Crippen molar-refractivity contribution in [3.05, 3.63) is 53.4 Å². The lowest BCUT2D eigenvalue weighted by molar-refractivity contribution is -0.199. The molecule has 0 saturated heterocycles. The smallest absolute Gasteiger partial charge is 0.293 e. The van der Waals surface area contributed by atoms with Crippen molar-refractivity contribution in [3.63, 3.8) is 0 Å². The summed E-state index contributed by atoms with van der Waals surface area (Å²) in [4.78, 5) is 3.48. The van der Waals surface area contributed by atoms with Crippen LogP contribution < -0.4 is 4.74 Å². The van der Waals surface area contributed by atoms with Crippen molar-refractivity contribution < 1.29 is 36.2 Å². The largest absolute Gasteiger partial charge is 0.451 e. The van der Waals surface area contributed by atoms with E-state index in [-0.39, 0.29) is 11.3 Å². The van der Waals surface area contributed by atoms with Gasteiger partial charge in [0.05, 0.1) is 6.61 Å². The maximum absolute atomic E-state index is 14.3. The molecule has 1 aromatic heterocycles. The molecule has 0 amide bonds. The van der Waals surface area contributed by atoms with Gasteiger partial charge >= 0.3 is 0 Å². The molecule has 3 rings (SSSR count). The highest BCUT2D eigenvalue weighted by Crippen LogP contribution is 2.53. The molecule has 1 fully saturated rings. The molecule has 0 unspecified atom stereocenters. The van der Waals surface area contributed by atoms with Gasteiger partial charge in [0.25, 0.3) is 5.92 Å². The molecule has 140 valence electrons. The maximum Gasteiger partial charge on any atom is 0.293 e. The van der Waals surface area contributed by atoms with Crippen molar-refractivity contribution in [2.24, 2.45) is 5.92 Å². The molecule has 9 heteroatoms. The van der Waals surface area contributed by atoms with E-state index >= 15 is 0 Å². The van der Waals surface area contributed by atoms with E-state index in [4.69, 9.17) is 9.84 Å². The first kappa shape index (κ1) is 18.5. The van der Waals surface area contributed by atoms with Gasteiger partial charge in [-0.3, -0.25) is 4.98 Å². The van der Waals surface area contributed by atoms with Gasteiger partial charge in [0.2, 0.25) is 5.92 Å². The molecule has 0 bridgehead atoms. The van der Waals surface area contributed by atoms with Crippen LogP contribution in [0.4, 0.5) is 26.3 Å². The quantitative estimate of drug-likeness (QED) is 0.763. The summed E-state index contributed by atoms with van der Waals surface area (Å²) in [5.41, 5.74) is -0.844. The second kappa shape index (κ2) is 6.46. The van der Waals surface area contributed by atoms with Gasteiger partial charge in [-0.05, 0) is 23.8 Å². The Morgan fingerprint density at radius 2 is 1.77 bits per heavy atom. The Balaban J connectivity index is 1.85. The number of alkyl halides is 4. The average molecular weight is 377 g/mol. The molecule has 26 heavy (non-hydrogen) atoms. The number of halogens is 6. The van der Waals surface area contributed by atoms with E-state index in [9.17, 15) is 26.3 Å². The number of benzene rings is 1. The van der Waals surface area contributed by atoms with Gasteiger partial charge in [0.1, 0.15) is 11.4 Å². The molecule has 1 N–H and O–H groups in total. The van der Waals surface area contributed by atoms with Gasteiger partial charge in [0, 0.05) is 31.0 Å². The Hall–Kier alpha value is -2.29. The van der Waals surface area contributed by atoms with Gasteiger partial charge < -0.3 is 9.84 Å². The Morgan fingerprint density at radius 1 is 1.15 bits per heavy atom. The average Bonchev–Trinajstić information content (AvgIpc) is 2.56. The molecule has 0 aliphatic heterocycles. The number of nitrogens with zero attached hydrogens (tertiary/aromatic N) is 1. The van der Waals surface area contributed by atoms with Gasteiger partial charge in [-0.25, -0.2) is 17.6 Å². The zero-order valence-electron chi connectivity index (χ0n) is 13.2. The summed E-state index contributed by atoms with van der Waals surface area (Å²) >= 11 is 0. The fourth-order valence-electron chi connectivity index (χ4n) is 2.70. The standard InChI is InChI=1S/C17H13F6NO2/c18-12-3-9(8-25)4-13(19)15(12)26-11-1-2-24-14(5-11)17(22,23)10-6-16(20,21)7-10/h1-5,10,25H,6-8H2. The topological polar surface area (TPSA) is 42.4 Å². The Kier molecular flexibility index (Phi) is 4.60. The lowest BCUT2D eigenvalue weighted by Crippen LogP contribution is -2.44. The number of ether oxygens (including phenoxy) is 1. The van der Waals surface area contributed by atoms with Crippen LogP contribution in [0.15, 0.2) is 30.5 Å². The zero-order chi connectivity index (χ0) is 19.1. The predicted octanol–water partition coefficient (Wildman–Crippen LogP) is 4.78. The van der Waals surface area contributed by atoms with Crippen molar-refractivity contribution in [3.8, 4) is 11.5 Å². The van der Waals surface area contributed by atoms with E-state index < -0.39 is 60.3 Å². The fourth-order valence-corrected chi connectivity index (χ4v) is 2.70. The lowest BCUT2D eigenvalue weighted by atomic mass is 9.76. The van der Waals surface area contributed by atoms with Crippen LogP contribution >= 0.6 is 0 Å². The lowest BCUT2D eigenvalue weighted by Gasteiger charge is -2.39. The molecule has 1 aliphatic rings. The van der Waals surface area contributed by atoms with Gasteiger partial charge in [-0.2, -0.15) is 8.78 Å². The van der Waals surface area contributed by atoms with E-state index in [2.05, 4.69) is 4.98 Å². The minimum Gasteiger partial charge on any atom is -0.451 e. The Bertz CT molecular complexity index is 796. The van der Waals surface area contributed by atoms with Crippen molar-refractivity contribution in [2.75, 3.05) is 0 Å². The molecule has 1 heterocycles. The first-order valence-corrected chi connectivity index (χ1v) is 7.61. The highest BCUT2D eigenvalue weighted by Gasteiger charge is 2.57. The van der Waals surface area contributed by atoms with Crippen LogP contribution in [-0.4, -0.2) is 16.0 Å². The summed E-state index contributed by atoms with van der Waals surface area (Å²) in [6, 6.07) is 3.54. The monoisotopic (exact) mass is 377 g/mol. The molecular formula is C17H13F6NO2. The number of pyridine rings is 1. The van der Waals surface area contributed by atoms with Crippen molar-refractivity contribution in [1.82, 2.24) is 4.98 Å². The number of rotatable bonds is 5. The predicted molar refractivity (Wildman–Crippen MR) is 78.2 cm³/mol. The summed E-state index contributed by atoms with van der Waals surface area (Å²) in [7, 11) is 0. The van der Waals surface area contributed by atoms with E-state index in [1.165, 1.54) is 0 Å². The molecule has 0 atom stereocenters. The molecule has 1 aromatic carbocycles. The van der Waals surface area contributed by atoms with Gasteiger partial charge in [-0.15, -0.1) is 0 Å². The van der Waals surface area contributed by atoms with Crippen LogP contribution in [-0.2, 0) is 12.5 Å². The van der Waals surface area contributed by atoms with Crippen molar-refractivity contribution >= 4 is 0 Å². The number of hydrogen-bond donors (Lipinski definition) is 1. The van der Waals surface area contributed by atoms with Crippen LogP contribution in [0.3, 0.4) is 0 Å². The third-order valence-corrected chi connectivity index (χ3v) is 4.14. The third-order valence-electron chi connectivity index (χ3n) is 4.14. The minimum absolute atomic E-state index is 0.0276. The van der Waals surface area contributed by atoms with Crippen molar-refractivity contribution in [2.45, 2.75) is 31.3 Å². The van der Waals surface area contributed by atoms with Gasteiger partial charge in [-0.1, -0.05) is 0 Å². The summed E-state index contributed by atoms with van der Waals surface area (Å²) in [5.74, 6) is -11.7. The maximum atomic E-state index is 14.3. The van der Waals surface area contributed by atoms with Crippen molar-refractivity contribution in [1.29, 1.82) is 0 Å². The molecule has 2 aromatic rings. The van der Waals surface area contributed by atoms with Gasteiger partial charge in [0.15, 0.2) is 17.4 Å². The number of aromatic nitrogens is 1. The number of hydrogen-bond acceptors (Lipinski definition) is 3. The second-order valence-corrected chi connectivity index (χ2v) is 6.11. The zero-order valence-corrected chi connectivity index (χ0v) is 13.2. The molecule has 1 saturated carbocycles. The molecule has 1 aliphatic carbocycles. The Morgan fingerprint density at radius 3 is 2.31 bits per heavy atom. The van der Waals surface area contributed by atoms with Crippen LogP contribution in [0, 0.1) is 17.6 Å². The number of aliphatic hydroxyl groups is 1. The minimum atomic E-state index is -3.63. The summed E-state index contributed by atoms with van der Waals surface area (Å²) < 4.78 is 87.1. The second-order valence-electron chi connectivity index (χ2n) is 6.11. The molecule has 3 nitrogen and oxygen atoms in total. The van der Waals surface area contributed by atoms with E-state index in [0.29, 0.717) is 0 Å². The fraction of sp³-hybridized carbons (Fsp3) is 0.353. The SMILES string of the molecule is OCc1cc(F)c(Oc2ccnc(C(F)(F)C3CC(F)(F)C3)c2)c(F)c1. The summed E-state index contributed by atoms with van der Waals surface area (Å²) in [6.07, 6.45) is -0.982.